The van der Waals surface area contributed by atoms with Crippen LogP contribution in [0.3, 0.4) is 0 Å². The predicted molar refractivity (Wildman–Crippen MR) is 109 cm³/mol. The summed E-state index contributed by atoms with van der Waals surface area (Å²) in [7, 11) is -3.18. The van der Waals surface area contributed by atoms with Crippen LogP contribution < -0.4 is 15.4 Å². The molecule has 0 unspecified atom stereocenters. The third-order valence-electron chi connectivity index (χ3n) is 4.29. The minimum atomic E-state index is -4.51. The number of rotatable bonds is 6. The van der Waals surface area contributed by atoms with Gasteiger partial charge in [0.25, 0.3) is 15.9 Å². The smallest absolute Gasteiger partial charge is 0.333 e. The number of amides is 3. The normalized spacial score (nSPS) is 11.5. The summed E-state index contributed by atoms with van der Waals surface area (Å²) >= 11 is 0. The molecular weight excluding hydrogens is 413 g/mol. The number of benzene rings is 1. The molecule has 9 nitrogen and oxygen atoms in total. The van der Waals surface area contributed by atoms with Crippen molar-refractivity contribution >= 4 is 27.6 Å². The zero-order valence-electron chi connectivity index (χ0n) is 17.3. The third kappa shape index (κ3) is 5.09. The Bertz CT molecular complexity index is 1040. The molecule has 0 radical (unpaired) electrons. The molecule has 0 aliphatic rings. The van der Waals surface area contributed by atoms with Gasteiger partial charge in [0.15, 0.2) is 0 Å². The summed E-state index contributed by atoms with van der Waals surface area (Å²) in [5.41, 5.74) is 1.12. The Hall–Kier alpha value is -3.08. The minimum absolute atomic E-state index is 0.134. The number of sulfonamides is 1. The lowest BCUT2D eigenvalue weighted by Gasteiger charge is -2.20. The largest absolute Gasteiger partial charge is 0.355 e. The maximum atomic E-state index is 14.0. The van der Waals surface area contributed by atoms with Gasteiger partial charge in [0.05, 0.1) is 11.8 Å². The Morgan fingerprint density at radius 2 is 1.63 bits per heavy atom. The highest BCUT2D eigenvalue weighted by atomic mass is 32.2. The quantitative estimate of drug-likeness (QED) is 0.637. The van der Waals surface area contributed by atoms with Crippen LogP contribution in [-0.4, -0.2) is 37.6 Å². The van der Waals surface area contributed by atoms with Crippen molar-refractivity contribution in [2.75, 3.05) is 12.4 Å². The van der Waals surface area contributed by atoms with Gasteiger partial charge >= 0.3 is 6.03 Å². The highest BCUT2D eigenvalue weighted by Crippen LogP contribution is 2.33. The Morgan fingerprint density at radius 1 is 1.07 bits per heavy atom. The van der Waals surface area contributed by atoms with E-state index >= 15 is 0 Å². The maximum absolute atomic E-state index is 14.0. The van der Waals surface area contributed by atoms with E-state index in [4.69, 9.17) is 0 Å². The van der Waals surface area contributed by atoms with E-state index in [1.54, 1.807) is 0 Å². The SMILES string of the molecule is CNC(=O)c1ccnnc1S(=O)(=O)NC(=O)Nc1c(C(C)C)cc(F)cc1C(C)C. The summed E-state index contributed by atoms with van der Waals surface area (Å²) in [6.45, 7) is 7.31. The molecule has 0 fully saturated rings. The summed E-state index contributed by atoms with van der Waals surface area (Å²) in [6, 6.07) is 2.70. The molecule has 1 aromatic heterocycles. The number of nitrogens with zero attached hydrogens (tertiary/aromatic N) is 2. The van der Waals surface area contributed by atoms with E-state index in [-0.39, 0.29) is 17.4 Å². The van der Waals surface area contributed by atoms with Crippen molar-refractivity contribution < 1.29 is 22.4 Å². The van der Waals surface area contributed by atoms with Gasteiger partial charge in [0.2, 0.25) is 5.03 Å². The molecule has 0 bridgehead atoms. The Kier molecular flexibility index (Phi) is 7.08. The number of urea groups is 1. The van der Waals surface area contributed by atoms with E-state index in [2.05, 4.69) is 20.8 Å². The average Bonchev–Trinajstić information content (AvgIpc) is 2.67. The van der Waals surface area contributed by atoms with Crippen molar-refractivity contribution in [2.45, 2.75) is 44.6 Å². The monoisotopic (exact) mass is 437 g/mol. The van der Waals surface area contributed by atoms with Crippen LogP contribution in [0.15, 0.2) is 29.4 Å². The number of nitrogens with one attached hydrogen (secondary N) is 3. The van der Waals surface area contributed by atoms with E-state index in [0.29, 0.717) is 16.8 Å². The molecule has 0 saturated carbocycles. The fourth-order valence-electron chi connectivity index (χ4n) is 2.84. The van der Waals surface area contributed by atoms with Gasteiger partial charge in [-0.1, -0.05) is 27.7 Å². The van der Waals surface area contributed by atoms with Gasteiger partial charge in [-0.3, -0.25) is 4.79 Å². The van der Waals surface area contributed by atoms with Crippen molar-refractivity contribution in [1.82, 2.24) is 20.2 Å². The molecule has 0 aliphatic heterocycles. The van der Waals surface area contributed by atoms with Crippen LogP contribution in [0.5, 0.6) is 0 Å². The fourth-order valence-corrected chi connectivity index (χ4v) is 3.84. The topological polar surface area (TPSA) is 130 Å². The first-order valence-corrected chi connectivity index (χ1v) is 10.7. The zero-order valence-corrected chi connectivity index (χ0v) is 18.1. The Balaban J connectivity index is 2.40. The zero-order chi connectivity index (χ0) is 22.6. The second-order valence-electron chi connectivity index (χ2n) is 7.16. The number of carbonyl (C=O) groups excluding carboxylic acids is 2. The molecule has 3 amide bonds. The first kappa shape index (κ1) is 23.2. The summed E-state index contributed by atoms with van der Waals surface area (Å²) in [4.78, 5) is 24.5. The average molecular weight is 437 g/mol. The molecule has 2 aromatic rings. The summed E-state index contributed by atoms with van der Waals surface area (Å²) in [6.07, 6.45) is 1.16. The Morgan fingerprint density at radius 3 is 2.13 bits per heavy atom. The molecular formula is C19H24FN5O4S. The van der Waals surface area contributed by atoms with Gasteiger partial charge in [-0.15, -0.1) is 5.10 Å². The van der Waals surface area contributed by atoms with E-state index < -0.39 is 32.8 Å². The first-order valence-electron chi connectivity index (χ1n) is 9.18. The number of aromatic nitrogens is 2. The fraction of sp³-hybridized carbons (Fsp3) is 0.368. The molecule has 2 rings (SSSR count). The molecule has 0 atom stereocenters. The van der Waals surface area contributed by atoms with Crippen LogP contribution in [0.1, 0.15) is 61.0 Å². The van der Waals surface area contributed by atoms with Crippen molar-refractivity contribution in [3.05, 3.63) is 46.9 Å². The number of halogens is 1. The van der Waals surface area contributed by atoms with Gasteiger partial charge in [-0.2, -0.15) is 13.5 Å². The molecule has 0 spiro atoms. The molecule has 0 aliphatic carbocycles. The van der Waals surface area contributed by atoms with Gasteiger partial charge < -0.3 is 10.6 Å². The van der Waals surface area contributed by atoms with Crippen molar-refractivity contribution in [2.24, 2.45) is 0 Å². The second kappa shape index (κ2) is 9.16. The molecule has 0 saturated heterocycles. The van der Waals surface area contributed by atoms with Gasteiger partial charge in [0.1, 0.15) is 5.82 Å². The van der Waals surface area contributed by atoms with E-state index in [0.717, 1.165) is 6.20 Å². The van der Waals surface area contributed by atoms with Gasteiger partial charge in [-0.25, -0.2) is 13.9 Å². The van der Waals surface area contributed by atoms with Crippen LogP contribution in [0.2, 0.25) is 0 Å². The summed E-state index contributed by atoms with van der Waals surface area (Å²) in [5.74, 6) is -1.42. The summed E-state index contributed by atoms with van der Waals surface area (Å²) in [5, 5.41) is 11.1. The lowest BCUT2D eigenvalue weighted by molar-refractivity contribution is 0.0958. The number of anilines is 1. The van der Waals surface area contributed by atoms with Crippen LogP contribution in [-0.2, 0) is 10.0 Å². The Labute approximate surface area is 174 Å². The van der Waals surface area contributed by atoms with Crippen LogP contribution in [0.4, 0.5) is 14.9 Å². The molecule has 1 heterocycles. The maximum Gasteiger partial charge on any atom is 0.333 e. The minimum Gasteiger partial charge on any atom is -0.355 e. The molecule has 3 N–H and O–H groups in total. The highest BCUT2D eigenvalue weighted by molar-refractivity contribution is 7.90. The van der Waals surface area contributed by atoms with E-state index in [1.807, 2.05) is 32.4 Å². The van der Waals surface area contributed by atoms with Crippen molar-refractivity contribution in [1.29, 1.82) is 0 Å². The van der Waals surface area contributed by atoms with Crippen LogP contribution >= 0.6 is 0 Å². The van der Waals surface area contributed by atoms with E-state index in [9.17, 15) is 22.4 Å². The van der Waals surface area contributed by atoms with Gasteiger partial charge in [-0.05, 0) is 41.2 Å². The second-order valence-corrected chi connectivity index (χ2v) is 8.76. The molecule has 162 valence electrons. The number of carbonyl (C=O) groups is 2. The molecule has 1 aromatic carbocycles. The number of hydrogen-bond acceptors (Lipinski definition) is 6. The lowest BCUT2D eigenvalue weighted by atomic mass is 9.92. The lowest BCUT2D eigenvalue weighted by Crippen LogP contribution is -2.37. The first-order chi connectivity index (χ1) is 14.0. The van der Waals surface area contributed by atoms with Crippen molar-refractivity contribution in [3.63, 3.8) is 0 Å². The predicted octanol–water partition coefficient (Wildman–Crippen LogP) is 2.73. The highest BCUT2D eigenvalue weighted by Gasteiger charge is 2.27. The number of hydrogen-bond donors (Lipinski definition) is 3. The molecule has 30 heavy (non-hydrogen) atoms. The van der Waals surface area contributed by atoms with Crippen LogP contribution in [0, 0.1) is 5.82 Å². The van der Waals surface area contributed by atoms with E-state index in [1.165, 1.54) is 25.2 Å². The van der Waals surface area contributed by atoms with Gasteiger partial charge in [0, 0.05) is 12.7 Å². The molecule has 11 heteroatoms. The van der Waals surface area contributed by atoms with Crippen molar-refractivity contribution in [3.8, 4) is 0 Å². The summed E-state index contributed by atoms with van der Waals surface area (Å²) < 4.78 is 41.2. The third-order valence-corrected chi connectivity index (χ3v) is 5.55. The van der Waals surface area contributed by atoms with Crippen LogP contribution in [0.25, 0.3) is 0 Å². The standard InChI is InChI=1S/C19H24FN5O4S/c1-10(2)14-8-12(20)9-15(11(3)4)16(14)23-19(27)25-30(28,29)18-13(17(26)21-5)6-7-22-24-18/h6-11H,1-5H3,(H,21,26)(H2,23,25,27).